The molecule has 1 atom stereocenters. The van der Waals surface area contributed by atoms with Crippen molar-refractivity contribution in [2.24, 2.45) is 0 Å². The van der Waals surface area contributed by atoms with Crippen molar-refractivity contribution in [1.29, 1.82) is 0 Å². The Bertz CT molecular complexity index is 1480. The number of carbonyl (C=O) groups is 2. The molecule has 8 heteroatoms. The molecule has 0 spiro atoms. The minimum atomic E-state index is -0.793. The fourth-order valence-corrected chi connectivity index (χ4v) is 4.16. The van der Waals surface area contributed by atoms with Crippen LogP contribution in [-0.4, -0.2) is 21.4 Å². The molecular formula is C27H25ClN4O3. The van der Waals surface area contributed by atoms with Gasteiger partial charge in [-0.15, -0.1) is 0 Å². The van der Waals surface area contributed by atoms with Gasteiger partial charge in [0.25, 0.3) is 5.56 Å². The van der Waals surface area contributed by atoms with Gasteiger partial charge in [0.2, 0.25) is 11.8 Å². The Hall–Kier alpha value is -3.97. The molecule has 0 aliphatic heterocycles. The van der Waals surface area contributed by atoms with Gasteiger partial charge in [-0.2, -0.15) is 0 Å². The smallest absolute Gasteiger partial charge is 0.278 e. The summed E-state index contributed by atoms with van der Waals surface area (Å²) in [5, 5.41) is 6.22. The highest BCUT2D eigenvalue weighted by atomic mass is 35.5. The van der Waals surface area contributed by atoms with E-state index in [1.807, 2.05) is 32.0 Å². The third-order valence-corrected chi connectivity index (χ3v) is 5.90. The van der Waals surface area contributed by atoms with Crippen LogP contribution in [0.3, 0.4) is 0 Å². The van der Waals surface area contributed by atoms with Crippen molar-refractivity contribution in [3.63, 3.8) is 0 Å². The van der Waals surface area contributed by atoms with Crippen molar-refractivity contribution < 1.29 is 9.59 Å². The Balaban J connectivity index is 1.90. The van der Waals surface area contributed by atoms with Gasteiger partial charge in [0, 0.05) is 23.2 Å². The minimum absolute atomic E-state index is 0.161. The number of benzene rings is 3. The van der Waals surface area contributed by atoms with Crippen LogP contribution in [0.2, 0.25) is 5.02 Å². The SMILES string of the molecule is CCC(C(=O)Nc1ccc(Cl)cc1)n1c(=O)c(-c2cc(C)ccc2NC(C)=O)nc2ccccc21. The van der Waals surface area contributed by atoms with Crippen LogP contribution in [0.5, 0.6) is 0 Å². The number of hydrogen-bond donors (Lipinski definition) is 2. The van der Waals surface area contributed by atoms with Gasteiger partial charge in [-0.25, -0.2) is 4.98 Å². The summed E-state index contributed by atoms with van der Waals surface area (Å²) in [6.07, 6.45) is 0.374. The molecule has 0 radical (unpaired) electrons. The Labute approximate surface area is 207 Å². The zero-order chi connectivity index (χ0) is 25.1. The predicted octanol–water partition coefficient (Wildman–Crippen LogP) is 5.57. The van der Waals surface area contributed by atoms with E-state index in [0.717, 1.165) is 5.56 Å². The van der Waals surface area contributed by atoms with Gasteiger partial charge in [0.15, 0.2) is 0 Å². The lowest BCUT2D eigenvalue weighted by Gasteiger charge is -2.21. The van der Waals surface area contributed by atoms with Gasteiger partial charge >= 0.3 is 0 Å². The van der Waals surface area contributed by atoms with E-state index in [2.05, 4.69) is 15.6 Å². The Kier molecular flexibility index (Phi) is 6.98. The molecule has 7 nitrogen and oxygen atoms in total. The van der Waals surface area contributed by atoms with E-state index >= 15 is 0 Å². The predicted molar refractivity (Wildman–Crippen MR) is 140 cm³/mol. The number of halogens is 1. The molecule has 1 unspecified atom stereocenters. The van der Waals surface area contributed by atoms with Crippen LogP contribution in [0.15, 0.2) is 71.5 Å². The second-order valence-corrected chi connectivity index (χ2v) is 8.71. The van der Waals surface area contributed by atoms with E-state index in [-0.39, 0.29) is 17.5 Å². The molecule has 35 heavy (non-hydrogen) atoms. The van der Waals surface area contributed by atoms with Crippen LogP contribution in [-0.2, 0) is 9.59 Å². The average molecular weight is 489 g/mol. The molecule has 0 saturated carbocycles. The standard InChI is InChI=1S/C27H25ClN4O3/c1-4-23(26(34)30-19-12-10-18(28)11-13-19)32-24-8-6-5-7-22(24)31-25(27(32)35)20-15-16(2)9-14-21(20)29-17(3)33/h5-15,23H,4H2,1-3H3,(H,29,33)(H,30,34). The van der Waals surface area contributed by atoms with E-state index in [9.17, 15) is 14.4 Å². The van der Waals surface area contributed by atoms with Gasteiger partial charge in [0.05, 0.1) is 16.7 Å². The van der Waals surface area contributed by atoms with Gasteiger partial charge < -0.3 is 10.6 Å². The van der Waals surface area contributed by atoms with E-state index < -0.39 is 11.6 Å². The first kappa shape index (κ1) is 24.2. The van der Waals surface area contributed by atoms with Crippen LogP contribution in [0, 0.1) is 6.92 Å². The van der Waals surface area contributed by atoms with E-state index in [1.54, 1.807) is 48.5 Å². The third kappa shape index (κ3) is 5.10. The zero-order valence-corrected chi connectivity index (χ0v) is 20.4. The number of nitrogens with zero attached hydrogens (tertiary/aromatic N) is 2. The minimum Gasteiger partial charge on any atom is -0.326 e. The number of nitrogens with one attached hydrogen (secondary N) is 2. The molecule has 0 aliphatic rings. The quantitative estimate of drug-likeness (QED) is 0.371. The summed E-state index contributed by atoms with van der Waals surface area (Å²) in [6, 6.07) is 18.6. The van der Waals surface area contributed by atoms with Crippen LogP contribution in [0.1, 0.15) is 31.9 Å². The van der Waals surface area contributed by atoms with Crippen molar-refractivity contribution in [3.05, 3.63) is 87.7 Å². The number of para-hydroxylation sites is 2. The van der Waals surface area contributed by atoms with Crippen molar-refractivity contribution in [2.75, 3.05) is 10.6 Å². The maximum atomic E-state index is 13.9. The molecule has 0 fully saturated rings. The summed E-state index contributed by atoms with van der Waals surface area (Å²) < 4.78 is 1.49. The van der Waals surface area contributed by atoms with Crippen molar-refractivity contribution in [1.82, 2.24) is 9.55 Å². The van der Waals surface area contributed by atoms with Crippen LogP contribution >= 0.6 is 11.6 Å². The maximum absolute atomic E-state index is 13.9. The van der Waals surface area contributed by atoms with E-state index in [1.165, 1.54) is 11.5 Å². The van der Waals surface area contributed by atoms with E-state index in [4.69, 9.17) is 11.6 Å². The van der Waals surface area contributed by atoms with Crippen molar-refractivity contribution >= 4 is 45.8 Å². The third-order valence-electron chi connectivity index (χ3n) is 5.65. The lowest BCUT2D eigenvalue weighted by Crippen LogP contribution is -2.34. The summed E-state index contributed by atoms with van der Waals surface area (Å²) in [6.45, 7) is 5.15. The number of aromatic nitrogens is 2. The molecule has 178 valence electrons. The van der Waals surface area contributed by atoms with E-state index in [0.29, 0.717) is 39.4 Å². The number of fused-ring (bicyclic) bond motifs is 1. The maximum Gasteiger partial charge on any atom is 0.278 e. The lowest BCUT2D eigenvalue weighted by atomic mass is 10.0. The highest BCUT2D eigenvalue weighted by Gasteiger charge is 2.25. The van der Waals surface area contributed by atoms with Gasteiger partial charge in [0.1, 0.15) is 11.7 Å². The Morgan fingerprint density at radius 3 is 2.43 bits per heavy atom. The molecule has 1 heterocycles. The van der Waals surface area contributed by atoms with Crippen LogP contribution in [0.4, 0.5) is 11.4 Å². The summed E-state index contributed by atoms with van der Waals surface area (Å²) in [7, 11) is 0. The molecule has 2 amide bonds. The largest absolute Gasteiger partial charge is 0.326 e. The molecule has 4 aromatic rings. The molecule has 0 saturated heterocycles. The molecule has 1 aromatic heterocycles. The van der Waals surface area contributed by atoms with Crippen molar-refractivity contribution in [3.8, 4) is 11.3 Å². The molecule has 0 bridgehead atoms. The van der Waals surface area contributed by atoms with Crippen LogP contribution < -0.4 is 16.2 Å². The number of rotatable bonds is 6. The fourth-order valence-electron chi connectivity index (χ4n) is 4.04. The Morgan fingerprint density at radius 2 is 1.74 bits per heavy atom. The highest BCUT2D eigenvalue weighted by molar-refractivity contribution is 6.30. The molecule has 3 aromatic carbocycles. The molecule has 2 N–H and O–H groups in total. The topological polar surface area (TPSA) is 93.1 Å². The number of anilines is 2. The molecule has 4 rings (SSSR count). The zero-order valence-electron chi connectivity index (χ0n) is 19.6. The van der Waals surface area contributed by atoms with Gasteiger partial charge in [-0.3, -0.25) is 19.0 Å². The summed E-state index contributed by atoms with van der Waals surface area (Å²) in [5.74, 6) is -0.587. The lowest BCUT2D eigenvalue weighted by molar-refractivity contribution is -0.119. The summed E-state index contributed by atoms with van der Waals surface area (Å²) in [5.41, 5.74) is 3.32. The van der Waals surface area contributed by atoms with Crippen LogP contribution in [0.25, 0.3) is 22.3 Å². The number of carbonyl (C=O) groups excluding carboxylic acids is 2. The van der Waals surface area contributed by atoms with Gasteiger partial charge in [-0.1, -0.05) is 42.3 Å². The first-order valence-corrected chi connectivity index (χ1v) is 11.6. The first-order valence-electron chi connectivity index (χ1n) is 11.2. The highest BCUT2D eigenvalue weighted by Crippen LogP contribution is 2.29. The normalized spacial score (nSPS) is 11.8. The fraction of sp³-hybridized carbons (Fsp3) is 0.185. The van der Waals surface area contributed by atoms with Gasteiger partial charge in [-0.05, 0) is 61.9 Å². The van der Waals surface area contributed by atoms with Crippen molar-refractivity contribution in [2.45, 2.75) is 33.2 Å². The number of hydrogen-bond acceptors (Lipinski definition) is 4. The molecule has 0 aliphatic carbocycles. The molecular weight excluding hydrogens is 464 g/mol. The summed E-state index contributed by atoms with van der Waals surface area (Å²) >= 11 is 5.96. The second kappa shape index (κ2) is 10.1. The average Bonchev–Trinajstić information content (AvgIpc) is 2.83. The number of aryl methyl sites for hydroxylation is 1. The second-order valence-electron chi connectivity index (χ2n) is 8.27. The summed E-state index contributed by atoms with van der Waals surface area (Å²) in [4.78, 5) is 43.7. The monoisotopic (exact) mass is 488 g/mol. The first-order chi connectivity index (χ1) is 16.8. The Morgan fingerprint density at radius 1 is 1.03 bits per heavy atom. The number of amides is 2.